The highest BCUT2D eigenvalue weighted by Gasteiger charge is 2.29. The number of amides is 1. The third-order valence-electron chi connectivity index (χ3n) is 3.00. The summed E-state index contributed by atoms with van der Waals surface area (Å²) in [5.41, 5.74) is 0.665. The van der Waals surface area contributed by atoms with E-state index in [1.54, 1.807) is 6.07 Å². The highest BCUT2D eigenvalue weighted by Crippen LogP contribution is 2.21. The molecule has 2 N–H and O–H groups in total. The van der Waals surface area contributed by atoms with Gasteiger partial charge >= 0.3 is 0 Å². The van der Waals surface area contributed by atoms with Crippen molar-refractivity contribution in [2.75, 3.05) is 11.9 Å². The molecular formula is C12H14FIN2O. The number of carbonyl (C=O) groups excluding carboxylic acids is 1. The minimum atomic E-state index is -0.292. The first kappa shape index (κ1) is 12.8. The quantitative estimate of drug-likeness (QED) is 0.806. The van der Waals surface area contributed by atoms with Crippen LogP contribution in [0, 0.1) is 15.3 Å². The molecular weight excluding hydrogens is 334 g/mol. The Labute approximate surface area is 113 Å². The van der Waals surface area contributed by atoms with Crippen molar-refractivity contribution in [1.82, 2.24) is 5.32 Å². The van der Waals surface area contributed by atoms with Gasteiger partial charge in [0.05, 0.1) is 11.7 Å². The largest absolute Gasteiger partial charge is 0.324 e. The Balaban J connectivity index is 2.07. The Morgan fingerprint density at radius 1 is 1.59 bits per heavy atom. The lowest BCUT2D eigenvalue weighted by Gasteiger charge is -2.16. The monoisotopic (exact) mass is 348 g/mol. The first-order valence-electron chi connectivity index (χ1n) is 5.57. The molecule has 2 rings (SSSR count). The topological polar surface area (TPSA) is 41.1 Å². The van der Waals surface area contributed by atoms with Crippen LogP contribution in [0.4, 0.5) is 10.1 Å². The normalized spacial score (nSPS) is 23.7. The first-order valence-corrected chi connectivity index (χ1v) is 6.65. The van der Waals surface area contributed by atoms with Crippen LogP contribution in [0.2, 0.25) is 0 Å². The molecule has 3 nitrogen and oxygen atoms in total. The van der Waals surface area contributed by atoms with E-state index in [-0.39, 0.29) is 17.8 Å². The van der Waals surface area contributed by atoms with Crippen LogP contribution in [0.5, 0.6) is 0 Å². The third kappa shape index (κ3) is 2.95. The van der Waals surface area contributed by atoms with E-state index in [1.807, 2.05) is 22.6 Å². The van der Waals surface area contributed by atoms with Gasteiger partial charge in [-0.25, -0.2) is 4.39 Å². The van der Waals surface area contributed by atoms with E-state index in [2.05, 4.69) is 17.6 Å². The Bertz CT molecular complexity index is 439. The zero-order valence-electron chi connectivity index (χ0n) is 9.47. The number of halogens is 2. The Morgan fingerprint density at radius 2 is 2.35 bits per heavy atom. The van der Waals surface area contributed by atoms with Crippen LogP contribution in [-0.4, -0.2) is 18.5 Å². The summed E-state index contributed by atoms with van der Waals surface area (Å²) in [5.74, 6) is 0.00684. The Morgan fingerprint density at radius 3 is 2.94 bits per heavy atom. The number of rotatable bonds is 2. The summed E-state index contributed by atoms with van der Waals surface area (Å²) in [7, 11) is 0. The van der Waals surface area contributed by atoms with Crippen molar-refractivity contribution in [3.05, 3.63) is 27.6 Å². The van der Waals surface area contributed by atoms with E-state index >= 15 is 0 Å². The molecule has 17 heavy (non-hydrogen) atoms. The van der Waals surface area contributed by atoms with Gasteiger partial charge in [0.2, 0.25) is 5.91 Å². The minimum absolute atomic E-state index is 0.0421. The van der Waals surface area contributed by atoms with Gasteiger partial charge < -0.3 is 10.6 Å². The van der Waals surface area contributed by atoms with Gasteiger partial charge in [0.1, 0.15) is 5.82 Å². The Kier molecular flexibility index (Phi) is 3.98. The van der Waals surface area contributed by atoms with Crippen molar-refractivity contribution in [1.29, 1.82) is 0 Å². The molecule has 1 heterocycles. The minimum Gasteiger partial charge on any atom is -0.324 e. The molecule has 0 radical (unpaired) electrons. The average Bonchev–Trinajstić information content (AvgIpc) is 2.68. The molecule has 1 aliphatic heterocycles. The second-order valence-electron chi connectivity index (χ2n) is 4.31. The molecule has 5 heteroatoms. The van der Waals surface area contributed by atoms with Crippen molar-refractivity contribution in [2.45, 2.75) is 19.4 Å². The second-order valence-corrected chi connectivity index (χ2v) is 5.47. The maximum absolute atomic E-state index is 12.9. The van der Waals surface area contributed by atoms with Gasteiger partial charge in [-0.2, -0.15) is 0 Å². The van der Waals surface area contributed by atoms with Gasteiger partial charge in [0, 0.05) is 3.57 Å². The van der Waals surface area contributed by atoms with E-state index in [1.165, 1.54) is 12.1 Å². The van der Waals surface area contributed by atoms with Gasteiger partial charge in [-0.3, -0.25) is 4.79 Å². The molecule has 0 aromatic heterocycles. The molecule has 1 amide bonds. The first-order chi connectivity index (χ1) is 8.08. The molecule has 1 fully saturated rings. The van der Waals surface area contributed by atoms with Crippen LogP contribution < -0.4 is 10.6 Å². The summed E-state index contributed by atoms with van der Waals surface area (Å²) in [5, 5.41) is 6.00. The predicted octanol–water partition coefficient (Wildman–Crippen LogP) is 2.37. The molecule has 92 valence electrons. The summed E-state index contributed by atoms with van der Waals surface area (Å²) < 4.78 is 13.6. The summed E-state index contributed by atoms with van der Waals surface area (Å²) in [4.78, 5) is 12.0. The number of anilines is 1. The number of nitrogens with one attached hydrogen (secondary N) is 2. The van der Waals surface area contributed by atoms with Crippen LogP contribution in [0.25, 0.3) is 0 Å². The SMILES string of the molecule is CC1CCNC1C(=O)Nc1ccc(F)cc1I. The third-order valence-corrected chi connectivity index (χ3v) is 3.90. The Hall–Kier alpha value is -0.690. The summed E-state index contributed by atoms with van der Waals surface area (Å²) >= 11 is 2.01. The van der Waals surface area contributed by atoms with Crippen molar-refractivity contribution in [3.63, 3.8) is 0 Å². The lowest BCUT2D eigenvalue weighted by molar-refractivity contribution is -0.118. The molecule has 1 aromatic carbocycles. The second kappa shape index (κ2) is 5.30. The van der Waals surface area contributed by atoms with Crippen LogP contribution in [0.3, 0.4) is 0 Å². The fraction of sp³-hybridized carbons (Fsp3) is 0.417. The highest BCUT2D eigenvalue weighted by molar-refractivity contribution is 14.1. The van der Waals surface area contributed by atoms with Gasteiger partial charge in [-0.05, 0) is 59.7 Å². The maximum Gasteiger partial charge on any atom is 0.241 e. The van der Waals surface area contributed by atoms with Crippen molar-refractivity contribution >= 4 is 34.2 Å². The molecule has 1 aromatic rings. The van der Waals surface area contributed by atoms with Crippen molar-refractivity contribution in [3.8, 4) is 0 Å². The lowest BCUT2D eigenvalue weighted by atomic mass is 10.0. The van der Waals surface area contributed by atoms with Gasteiger partial charge in [-0.15, -0.1) is 0 Å². The van der Waals surface area contributed by atoms with Crippen LogP contribution >= 0.6 is 22.6 Å². The van der Waals surface area contributed by atoms with E-state index in [0.29, 0.717) is 15.2 Å². The molecule has 0 saturated carbocycles. The standard InChI is InChI=1S/C12H14FIN2O/c1-7-4-5-15-11(7)12(17)16-10-3-2-8(13)6-9(10)14/h2-3,6-7,11,15H,4-5H2,1H3,(H,16,17). The van der Waals surface area contributed by atoms with Gasteiger partial charge in [0.15, 0.2) is 0 Å². The van der Waals surface area contributed by atoms with Crippen LogP contribution in [-0.2, 0) is 4.79 Å². The molecule has 0 spiro atoms. The number of hydrogen-bond donors (Lipinski definition) is 2. The smallest absolute Gasteiger partial charge is 0.241 e. The van der Waals surface area contributed by atoms with E-state index in [9.17, 15) is 9.18 Å². The summed E-state index contributed by atoms with van der Waals surface area (Å²) in [6.45, 7) is 2.93. The van der Waals surface area contributed by atoms with Crippen molar-refractivity contribution < 1.29 is 9.18 Å². The molecule has 1 saturated heterocycles. The molecule has 1 aliphatic rings. The molecule has 0 aliphatic carbocycles. The number of hydrogen-bond acceptors (Lipinski definition) is 2. The summed E-state index contributed by atoms with van der Waals surface area (Å²) in [6, 6.07) is 4.20. The zero-order chi connectivity index (χ0) is 12.4. The van der Waals surface area contributed by atoms with Crippen LogP contribution in [0.15, 0.2) is 18.2 Å². The molecule has 0 bridgehead atoms. The zero-order valence-corrected chi connectivity index (χ0v) is 11.6. The number of carbonyl (C=O) groups is 1. The maximum atomic E-state index is 12.9. The molecule has 2 atom stereocenters. The van der Waals surface area contributed by atoms with Gasteiger partial charge in [0.25, 0.3) is 0 Å². The number of benzene rings is 1. The summed E-state index contributed by atoms with van der Waals surface area (Å²) in [6.07, 6.45) is 1.01. The van der Waals surface area contributed by atoms with E-state index < -0.39 is 0 Å². The van der Waals surface area contributed by atoms with E-state index in [4.69, 9.17) is 0 Å². The van der Waals surface area contributed by atoms with E-state index in [0.717, 1.165) is 13.0 Å². The fourth-order valence-electron chi connectivity index (χ4n) is 1.99. The fourth-order valence-corrected chi connectivity index (χ4v) is 2.60. The average molecular weight is 348 g/mol. The highest BCUT2D eigenvalue weighted by atomic mass is 127. The lowest BCUT2D eigenvalue weighted by Crippen LogP contribution is -2.39. The molecule has 2 unspecified atom stereocenters. The predicted molar refractivity (Wildman–Crippen MR) is 73.3 cm³/mol. The van der Waals surface area contributed by atoms with Crippen molar-refractivity contribution in [2.24, 2.45) is 5.92 Å². The van der Waals surface area contributed by atoms with Gasteiger partial charge in [-0.1, -0.05) is 6.92 Å². The van der Waals surface area contributed by atoms with Crippen LogP contribution in [0.1, 0.15) is 13.3 Å².